The topological polar surface area (TPSA) is 40.0 Å². The summed E-state index contributed by atoms with van der Waals surface area (Å²) in [5.41, 5.74) is 5.62. The standard InChI is InChI=1S/C29H41NO3/c1-8-9-18-32-26-20-22(2)27(23(3)21-26)33-19-12-10-11-13-24-14-16-25(17-15-24)28(30-31-7)29(4,5)6/h8-9,14-17,20-21H,10-13,18-19H2,1-7H3/b9-8+,30-28-. The second-order valence-electron chi connectivity index (χ2n) is 9.49. The van der Waals surface area contributed by atoms with Gasteiger partial charge in [0.05, 0.1) is 12.3 Å². The van der Waals surface area contributed by atoms with Crippen molar-refractivity contribution in [2.45, 2.75) is 67.2 Å². The molecule has 0 unspecified atom stereocenters. The molecule has 33 heavy (non-hydrogen) atoms. The number of oxime groups is 1. The van der Waals surface area contributed by atoms with E-state index in [2.05, 4.69) is 76.2 Å². The van der Waals surface area contributed by atoms with E-state index < -0.39 is 0 Å². The Bertz CT molecular complexity index is 898. The predicted molar refractivity (Wildman–Crippen MR) is 139 cm³/mol. The zero-order valence-electron chi connectivity index (χ0n) is 21.5. The van der Waals surface area contributed by atoms with Gasteiger partial charge in [-0.2, -0.15) is 0 Å². The van der Waals surface area contributed by atoms with Gasteiger partial charge in [0.1, 0.15) is 25.2 Å². The minimum atomic E-state index is -0.0615. The summed E-state index contributed by atoms with van der Waals surface area (Å²) in [5, 5.41) is 4.24. The van der Waals surface area contributed by atoms with Gasteiger partial charge in [-0.15, -0.1) is 0 Å². The molecule has 2 aromatic carbocycles. The summed E-state index contributed by atoms with van der Waals surface area (Å²) >= 11 is 0. The Morgan fingerprint density at radius 2 is 1.61 bits per heavy atom. The van der Waals surface area contributed by atoms with Crippen LogP contribution in [-0.2, 0) is 11.3 Å². The van der Waals surface area contributed by atoms with Crippen LogP contribution >= 0.6 is 0 Å². The van der Waals surface area contributed by atoms with Gasteiger partial charge in [-0.3, -0.25) is 0 Å². The fraction of sp³-hybridized carbons (Fsp3) is 0.483. The van der Waals surface area contributed by atoms with Crippen molar-refractivity contribution < 1.29 is 14.3 Å². The second-order valence-corrected chi connectivity index (χ2v) is 9.49. The van der Waals surface area contributed by atoms with Gasteiger partial charge in [0.15, 0.2) is 0 Å². The first-order valence-electron chi connectivity index (χ1n) is 11.9. The largest absolute Gasteiger partial charge is 0.493 e. The highest BCUT2D eigenvalue weighted by Crippen LogP contribution is 2.29. The first-order valence-corrected chi connectivity index (χ1v) is 11.9. The van der Waals surface area contributed by atoms with Gasteiger partial charge in [-0.05, 0) is 80.8 Å². The lowest BCUT2D eigenvalue weighted by molar-refractivity contribution is 0.209. The molecular weight excluding hydrogens is 410 g/mol. The quantitative estimate of drug-likeness (QED) is 0.146. The number of allylic oxidation sites excluding steroid dienone is 1. The molecule has 4 heteroatoms. The molecule has 0 bridgehead atoms. The smallest absolute Gasteiger partial charge is 0.125 e. The van der Waals surface area contributed by atoms with Gasteiger partial charge in [0, 0.05) is 5.41 Å². The minimum absolute atomic E-state index is 0.0615. The van der Waals surface area contributed by atoms with Crippen molar-refractivity contribution in [2.24, 2.45) is 10.6 Å². The molecule has 0 radical (unpaired) electrons. The highest BCUT2D eigenvalue weighted by molar-refractivity contribution is 6.03. The van der Waals surface area contributed by atoms with Crippen LogP contribution in [0, 0.1) is 19.3 Å². The highest BCUT2D eigenvalue weighted by atomic mass is 16.6. The zero-order chi connectivity index (χ0) is 24.3. The maximum Gasteiger partial charge on any atom is 0.125 e. The summed E-state index contributed by atoms with van der Waals surface area (Å²) in [6, 6.07) is 12.8. The van der Waals surface area contributed by atoms with Crippen molar-refractivity contribution in [3.63, 3.8) is 0 Å². The van der Waals surface area contributed by atoms with Crippen LogP contribution in [0.25, 0.3) is 0 Å². The van der Waals surface area contributed by atoms with Crippen molar-refractivity contribution in [1.29, 1.82) is 0 Å². The SMILES string of the molecule is C/C=C/COc1cc(C)c(OCCCCCc2ccc(/C(=N/OC)C(C)(C)C)cc2)c(C)c1. The second kappa shape index (κ2) is 13.1. The summed E-state index contributed by atoms with van der Waals surface area (Å²) in [6.07, 6.45) is 8.41. The minimum Gasteiger partial charge on any atom is -0.493 e. The monoisotopic (exact) mass is 451 g/mol. The number of unbranched alkanes of at least 4 members (excludes halogenated alkanes) is 2. The molecule has 0 spiro atoms. The van der Waals surface area contributed by atoms with Gasteiger partial charge in [-0.1, -0.05) is 62.3 Å². The van der Waals surface area contributed by atoms with Gasteiger partial charge in [-0.25, -0.2) is 0 Å². The van der Waals surface area contributed by atoms with Gasteiger partial charge in [0.2, 0.25) is 0 Å². The van der Waals surface area contributed by atoms with E-state index in [1.807, 2.05) is 19.1 Å². The molecule has 2 rings (SSSR count). The number of ether oxygens (including phenoxy) is 2. The molecule has 0 saturated heterocycles. The number of nitrogens with zero attached hydrogens (tertiary/aromatic N) is 1. The lowest BCUT2D eigenvalue weighted by Crippen LogP contribution is -2.21. The van der Waals surface area contributed by atoms with Crippen LogP contribution in [0.2, 0.25) is 0 Å². The van der Waals surface area contributed by atoms with Crippen LogP contribution < -0.4 is 9.47 Å². The van der Waals surface area contributed by atoms with Crippen LogP contribution in [0.3, 0.4) is 0 Å². The van der Waals surface area contributed by atoms with E-state index in [0.717, 1.165) is 66.2 Å². The van der Waals surface area contributed by atoms with E-state index in [-0.39, 0.29) is 5.41 Å². The van der Waals surface area contributed by atoms with Crippen LogP contribution in [0.4, 0.5) is 0 Å². The molecule has 0 N–H and O–H groups in total. The van der Waals surface area contributed by atoms with Crippen LogP contribution in [-0.4, -0.2) is 26.0 Å². The van der Waals surface area contributed by atoms with Crippen LogP contribution in [0.15, 0.2) is 53.7 Å². The van der Waals surface area contributed by atoms with Gasteiger partial charge >= 0.3 is 0 Å². The molecule has 0 amide bonds. The Morgan fingerprint density at radius 3 is 2.18 bits per heavy atom. The molecule has 0 atom stereocenters. The van der Waals surface area contributed by atoms with Crippen molar-refractivity contribution >= 4 is 5.71 Å². The Labute approximate surface area is 200 Å². The van der Waals surface area contributed by atoms with E-state index in [1.54, 1.807) is 7.11 Å². The third-order valence-corrected chi connectivity index (χ3v) is 5.49. The van der Waals surface area contributed by atoms with E-state index in [1.165, 1.54) is 5.56 Å². The number of rotatable bonds is 12. The first kappa shape index (κ1) is 26.5. The number of benzene rings is 2. The average Bonchev–Trinajstić information content (AvgIpc) is 2.76. The van der Waals surface area contributed by atoms with Crippen LogP contribution in [0.1, 0.15) is 69.2 Å². The maximum atomic E-state index is 6.10. The zero-order valence-corrected chi connectivity index (χ0v) is 21.5. The molecule has 0 aliphatic heterocycles. The molecule has 0 fully saturated rings. The summed E-state index contributed by atoms with van der Waals surface area (Å²) in [7, 11) is 1.60. The van der Waals surface area contributed by atoms with E-state index in [9.17, 15) is 0 Å². The van der Waals surface area contributed by atoms with E-state index in [4.69, 9.17) is 14.3 Å². The molecule has 0 aromatic heterocycles. The molecule has 0 aliphatic rings. The normalized spacial score (nSPS) is 12.3. The Balaban J connectivity index is 1.77. The third-order valence-electron chi connectivity index (χ3n) is 5.49. The fourth-order valence-corrected chi connectivity index (χ4v) is 3.79. The summed E-state index contributed by atoms with van der Waals surface area (Å²) < 4.78 is 11.9. The number of hydrogen-bond donors (Lipinski definition) is 0. The lowest BCUT2D eigenvalue weighted by atomic mass is 9.85. The van der Waals surface area contributed by atoms with E-state index in [0.29, 0.717) is 6.61 Å². The molecule has 2 aromatic rings. The fourth-order valence-electron chi connectivity index (χ4n) is 3.79. The summed E-state index contributed by atoms with van der Waals surface area (Å²) in [5.74, 6) is 1.88. The molecule has 4 nitrogen and oxygen atoms in total. The Hall–Kier alpha value is -2.75. The van der Waals surface area contributed by atoms with Gasteiger partial charge < -0.3 is 14.3 Å². The molecule has 0 saturated carbocycles. The van der Waals surface area contributed by atoms with Crippen LogP contribution in [0.5, 0.6) is 11.5 Å². The van der Waals surface area contributed by atoms with Crippen molar-refractivity contribution in [1.82, 2.24) is 0 Å². The summed E-state index contributed by atoms with van der Waals surface area (Å²) in [6.45, 7) is 13.9. The lowest BCUT2D eigenvalue weighted by Gasteiger charge is -2.21. The summed E-state index contributed by atoms with van der Waals surface area (Å²) in [4.78, 5) is 5.06. The number of aryl methyl sites for hydroxylation is 3. The van der Waals surface area contributed by atoms with E-state index >= 15 is 0 Å². The third kappa shape index (κ3) is 8.60. The van der Waals surface area contributed by atoms with Crippen molar-refractivity contribution in [3.8, 4) is 11.5 Å². The Morgan fingerprint density at radius 1 is 0.939 bits per heavy atom. The maximum absolute atomic E-state index is 6.10. The highest BCUT2D eigenvalue weighted by Gasteiger charge is 2.21. The molecular formula is C29H41NO3. The average molecular weight is 452 g/mol. The Kier molecular flexibility index (Phi) is 10.5. The van der Waals surface area contributed by atoms with Crippen molar-refractivity contribution in [2.75, 3.05) is 20.3 Å². The van der Waals surface area contributed by atoms with Crippen molar-refractivity contribution in [3.05, 3.63) is 70.8 Å². The molecule has 180 valence electrons. The number of hydrogen-bond acceptors (Lipinski definition) is 4. The molecule has 0 aliphatic carbocycles. The van der Waals surface area contributed by atoms with Gasteiger partial charge in [0.25, 0.3) is 0 Å². The molecule has 0 heterocycles. The first-order chi connectivity index (χ1) is 15.8. The predicted octanol–water partition coefficient (Wildman–Crippen LogP) is 7.45.